The molecule has 0 saturated heterocycles. The molecule has 0 fully saturated rings. The second kappa shape index (κ2) is 9.10. The van der Waals surface area contributed by atoms with Gasteiger partial charge in [0.15, 0.2) is 5.16 Å². The predicted octanol–water partition coefficient (Wildman–Crippen LogP) is 4.76. The van der Waals surface area contributed by atoms with Gasteiger partial charge in [-0.1, -0.05) is 39.3 Å². The van der Waals surface area contributed by atoms with Crippen LogP contribution in [0.2, 0.25) is 5.02 Å². The molecule has 0 N–H and O–H groups in total. The van der Waals surface area contributed by atoms with Gasteiger partial charge in [-0.25, -0.2) is 4.98 Å². The van der Waals surface area contributed by atoms with Crippen molar-refractivity contribution in [1.82, 2.24) is 9.55 Å². The third-order valence-corrected chi connectivity index (χ3v) is 5.75. The van der Waals surface area contributed by atoms with E-state index in [0.717, 1.165) is 15.8 Å². The van der Waals surface area contributed by atoms with Crippen LogP contribution in [0.1, 0.15) is 5.56 Å². The van der Waals surface area contributed by atoms with Crippen LogP contribution in [0.3, 0.4) is 0 Å². The Hall–Kier alpha value is -1.54. The maximum absolute atomic E-state index is 12.9. The van der Waals surface area contributed by atoms with Crippen molar-refractivity contribution in [3.63, 3.8) is 0 Å². The summed E-state index contributed by atoms with van der Waals surface area (Å²) in [5.41, 5.74) is 1.50. The molecule has 0 aliphatic rings. The number of methoxy groups -OCH3 is 2. The summed E-state index contributed by atoms with van der Waals surface area (Å²) in [5.74, 6) is 1.40. The van der Waals surface area contributed by atoms with Gasteiger partial charge >= 0.3 is 0 Å². The smallest absolute Gasteiger partial charge is 0.262 e. The summed E-state index contributed by atoms with van der Waals surface area (Å²) in [4.78, 5) is 17.6. The molecule has 0 aliphatic heterocycles. The quantitative estimate of drug-likeness (QED) is 0.369. The molecule has 0 aliphatic carbocycles. The molecular formula is C19H18BrClN2O3S. The van der Waals surface area contributed by atoms with Gasteiger partial charge in [-0.05, 0) is 36.4 Å². The van der Waals surface area contributed by atoms with Gasteiger partial charge in [0.1, 0.15) is 5.75 Å². The van der Waals surface area contributed by atoms with Crippen LogP contribution in [0.5, 0.6) is 5.75 Å². The van der Waals surface area contributed by atoms with Crippen molar-refractivity contribution in [1.29, 1.82) is 0 Å². The van der Waals surface area contributed by atoms with E-state index in [4.69, 9.17) is 21.1 Å². The van der Waals surface area contributed by atoms with Gasteiger partial charge in [0.05, 0.1) is 31.2 Å². The van der Waals surface area contributed by atoms with Crippen molar-refractivity contribution in [3.05, 3.63) is 61.8 Å². The van der Waals surface area contributed by atoms with Crippen LogP contribution < -0.4 is 10.3 Å². The summed E-state index contributed by atoms with van der Waals surface area (Å²) < 4.78 is 13.2. The molecule has 8 heteroatoms. The summed E-state index contributed by atoms with van der Waals surface area (Å²) in [6, 6.07) is 11.0. The van der Waals surface area contributed by atoms with E-state index in [1.54, 1.807) is 37.0 Å². The standard InChI is InChI=1S/C19H18BrClN2O3S/c1-25-8-7-23-18(24)15-5-4-14(21)10-16(15)22-19(23)27-11-12-9-13(20)3-6-17(12)26-2/h3-6,9-10H,7-8,11H2,1-2H3. The average molecular weight is 470 g/mol. The zero-order valence-corrected chi connectivity index (χ0v) is 18.0. The molecule has 0 bridgehead atoms. The van der Waals surface area contributed by atoms with E-state index in [1.165, 1.54) is 11.8 Å². The lowest BCUT2D eigenvalue weighted by molar-refractivity contribution is 0.183. The lowest BCUT2D eigenvalue weighted by Crippen LogP contribution is -2.25. The fourth-order valence-electron chi connectivity index (χ4n) is 2.67. The Morgan fingerprint density at radius 2 is 2.04 bits per heavy atom. The van der Waals surface area contributed by atoms with Crippen LogP contribution in [0.25, 0.3) is 10.9 Å². The summed E-state index contributed by atoms with van der Waals surface area (Å²) in [6.07, 6.45) is 0. The fourth-order valence-corrected chi connectivity index (χ4v) is 4.24. The van der Waals surface area contributed by atoms with Gasteiger partial charge < -0.3 is 9.47 Å². The number of benzene rings is 2. The molecule has 1 heterocycles. The highest BCUT2D eigenvalue weighted by molar-refractivity contribution is 9.10. The largest absolute Gasteiger partial charge is 0.496 e. The molecule has 0 spiro atoms. The lowest BCUT2D eigenvalue weighted by Gasteiger charge is -2.14. The molecule has 5 nitrogen and oxygen atoms in total. The zero-order valence-electron chi connectivity index (χ0n) is 14.9. The Balaban J connectivity index is 2.01. The molecule has 0 unspecified atom stereocenters. The monoisotopic (exact) mass is 468 g/mol. The summed E-state index contributed by atoms with van der Waals surface area (Å²) in [5, 5.41) is 1.71. The Labute approximate surface area is 174 Å². The molecule has 0 atom stereocenters. The third kappa shape index (κ3) is 4.66. The van der Waals surface area contributed by atoms with Crippen molar-refractivity contribution in [2.24, 2.45) is 0 Å². The van der Waals surface area contributed by atoms with Gasteiger partial charge in [-0.2, -0.15) is 0 Å². The van der Waals surface area contributed by atoms with Crippen LogP contribution in [0, 0.1) is 0 Å². The molecule has 0 saturated carbocycles. The van der Waals surface area contributed by atoms with Crippen molar-refractivity contribution in [2.75, 3.05) is 20.8 Å². The molecule has 1 aromatic heterocycles. The van der Waals surface area contributed by atoms with Gasteiger partial charge in [0.25, 0.3) is 5.56 Å². The van der Waals surface area contributed by atoms with Crippen LogP contribution >= 0.6 is 39.3 Å². The minimum absolute atomic E-state index is 0.0996. The molecule has 3 aromatic rings. The number of thioether (sulfide) groups is 1. The fraction of sp³-hybridized carbons (Fsp3) is 0.263. The summed E-state index contributed by atoms with van der Waals surface area (Å²) in [7, 11) is 3.25. The number of halogens is 2. The first-order valence-corrected chi connectivity index (χ1v) is 10.3. The Kier molecular flexibility index (Phi) is 6.81. The minimum Gasteiger partial charge on any atom is -0.496 e. The van der Waals surface area contributed by atoms with Crippen LogP contribution in [-0.4, -0.2) is 30.4 Å². The number of hydrogen-bond acceptors (Lipinski definition) is 5. The van der Waals surface area contributed by atoms with Crippen molar-refractivity contribution < 1.29 is 9.47 Å². The average Bonchev–Trinajstić information content (AvgIpc) is 2.65. The van der Waals surface area contributed by atoms with Crippen molar-refractivity contribution in [2.45, 2.75) is 17.5 Å². The maximum atomic E-state index is 12.9. The lowest BCUT2D eigenvalue weighted by atomic mass is 10.2. The van der Waals surface area contributed by atoms with Crippen LogP contribution in [0.15, 0.2) is 50.8 Å². The summed E-state index contributed by atoms with van der Waals surface area (Å²) >= 11 is 11.0. The number of aromatic nitrogens is 2. The molecule has 0 radical (unpaired) electrons. The van der Waals surface area contributed by atoms with Gasteiger partial charge in [-0.3, -0.25) is 9.36 Å². The van der Waals surface area contributed by atoms with E-state index >= 15 is 0 Å². The number of ether oxygens (including phenoxy) is 2. The van der Waals surface area contributed by atoms with Gasteiger partial charge in [-0.15, -0.1) is 0 Å². The number of fused-ring (bicyclic) bond motifs is 1. The normalized spacial score (nSPS) is 11.1. The molecule has 3 rings (SSSR count). The van der Waals surface area contributed by atoms with Crippen LogP contribution in [0.4, 0.5) is 0 Å². The molecule has 0 amide bonds. The molecular weight excluding hydrogens is 452 g/mol. The predicted molar refractivity (Wildman–Crippen MR) is 113 cm³/mol. The van der Waals surface area contributed by atoms with E-state index < -0.39 is 0 Å². The second-order valence-electron chi connectivity index (χ2n) is 5.75. The Morgan fingerprint density at radius 3 is 2.78 bits per heavy atom. The zero-order chi connectivity index (χ0) is 19.4. The van der Waals surface area contributed by atoms with E-state index in [-0.39, 0.29) is 5.56 Å². The highest BCUT2D eigenvalue weighted by Gasteiger charge is 2.13. The second-order valence-corrected chi connectivity index (χ2v) is 8.04. The third-order valence-electron chi connectivity index (χ3n) is 4.00. The van der Waals surface area contributed by atoms with Crippen LogP contribution in [-0.2, 0) is 17.0 Å². The van der Waals surface area contributed by atoms with Gasteiger partial charge in [0, 0.05) is 27.9 Å². The summed E-state index contributed by atoms with van der Waals surface area (Å²) in [6.45, 7) is 0.854. The molecule has 142 valence electrons. The highest BCUT2D eigenvalue weighted by Crippen LogP contribution is 2.30. The highest BCUT2D eigenvalue weighted by atomic mass is 79.9. The SMILES string of the molecule is COCCn1c(SCc2cc(Br)ccc2OC)nc2cc(Cl)ccc2c1=O. The Bertz CT molecular complexity index is 1030. The van der Waals surface area contributed by atoms with Crippen molar-refractivity contribution in [3.8, 4) is 5.75 Å². The van der Waals surface area contributed by atoms with E-state index in [0.29, 0.717) is 40.0 Å². The topological polar surface area (TPSA) is 53.4 Å². The van der Waals surface area contributed by atoms with Gasteiger partial charge in [0.2, 0.25) is 0 Å². The number of hydrogen-bond donors (Lipinski definition) is 0. The number of rotatable bonds is 7. The molecule has 27 heavy (non-hydrogen) atoms. The first-order valence-electron chi connectivity index (χ1n) is 8.17. The Morgan fingerprint density at radius 1 is 1.22 bits per heavy atom. The molecule has 2 aromatic carbocycles. The first-order chi connectivity index (χ1) is 13.0. The first kappa shape index (κ1) is 20.2. The minimum atomic E-state index is -0.0996. The van der Waals surface area contributed by atoms with E-state index in [2.05, 4.69) is 20.9 Å². The maximum Gasteiger partial charge on any atom is 0.262 e. The number of nitrogens with zero attached hydrogens (tertiary/aromatic N) is 2. The van der Waals surface area contributed by atoms with E-state index in [1.807, 2.05) is 18.2 Å². The van der Waals surface area contributed by atoms with E-state index in [9.17, 15) is 4.79 Å². The van der Waals surface area contributed by atoms with Crippen molar-refractivity contribution >= 4 is 50.2 Å².